The first-order valence-corrected chi connectivity index (χ1v) is 8.19. The van der Waals surface area contributed by atoms with E-state index in [9.17, 15) is 14.7 Å². The molecule has 3 aromatic rings. The van der Waals surface area contributed by atoms with E-state index in [0.717, 1.165) is 15.9 Å². The quantitative estimate of drug-likeness (QED) is 0.576. The number of aromatic amines is 2. The maximum Gasteiger partial charge on any atom is 0.414 e. The monoisotopic (exact) mass is 375 g/mol. The molecule has 0 aliphatic carbocycles. The lowest BCUT2D eigenvalue weighted by Gasteiger charge is -2.25. The summed E-state index contributed by atoms with van der Waals surface area (Å²) in [5, 5.41) is 10.0. The molecule has 0 bridgehead atoms. The van der Waals surface area contributed by atoms with Gasteiger partial charge in [-0.25, -0.2) is 9.69 Å². The number of benzene rings is 2. The number of rotatable bonds is 3. The van der Waals surface area contributed by atoms with Crippen LogP contribution in [0.3, 0.4) is 0 Å². The number of imide groups is 1. The Bertz CT molecular complexity index is 1010. The smallest absolute Gasteiger partial charge is 0.414 e. The molecule has 0 spiro atoms. The molecule has 1 unspecified atom stereocenters. The molecule has 0 fully saturated rings. The van der Waals surface area contributed by atoms with E-state index in [1.54, 1.807) is 37.3 Å². The van der Waals surface area contributed by atoms with Crippen molar-refractivity contribution in [1.82, 2.24) is 14.9 Å². The van der Waals surface area contributed by atoms with Crippen molar-refractivity contribution in [3.05, 3.63) is 63.4 Å². The van der Waals surface area contributed by atoms with Crippen LogP contribution in [0.5, 0.6) is 0 Å². The Morgan fingerprint density at radius 3 is 2.40 bits per heavy atom. The van der Waals surface area contributed by atoms with Crippen molar-refractivity contribution >= 4 is 46.9 Å². The maximum absolute atomic E-state index is 12.7. The van der Waals surface area contributed by atoms with Crippen LogP contribution in [-0.4, -0.2) is 32.0 Å². The summed E-state index contributed by atoms with van der Waals surface area (Å²) in [4.78, 5) is 31.1. The summed E-state index contributed by atoms with van der Waals surface area (Å²) in [6, 6.07) is 10.7. The minimum absolute atomic E-state index is 0.251. The number of carboxylic acid groups (broad SMARTS) is 1. The van der Waals surface area contributed by atoms with Crippen LogP contribution in [0.25, 0.3) is 11.0 Å². The minimum atomic E-state index is -1.32. The summed E-state index contributed by atoms with van der Waals surface area (Å²) in [6.45, 7) is 1.66. The number of hydrogen-bond acceptors (Lipinski definition) is 3. The summed E-state index contributed by atoms with van der Waals surface area (Å²) in [5.41, 5.74) is 2.48. The standard InChI is InChI=1S/C17H14ClN3O3S/c1-9(11-4-7-13-14(8-11)20-16(25)19-13)21(17(23)24)15(22)10-2-5-12(18)6-3-10/h2-9H,1H3,(H,23,24)(H2,19,20,25). The fraction of sp³-hybridized carbons (Fsp3) is 0.118. The molecular weight excluding hydrogens is 362 g/mol. The zero-order valence-electron chi connectivity index (χ0n) is 13.1. The number of H-pyrrole nitrogens is 2. The van der Waals surface area contributed by atoms with Gasteiger partial charge in [0.05, 0.1) is 17.1 Å². The van der Waals surface area contributed by atoms with Gasteiger partial charge in [-0.2, -0.15) is 0 Å². The third kappa shape index (κ3) is 3.42. The van der Waals surface area contributed by atoms with Crippen molar-refractivity contribution in [3.63, 3.8) is 0 Å². The Hall–Kier alpha value is -2.64. The first-order valence-electron chi connectivity index (χ1n) is 7.41. The fourth-order valence-corrected chi connectivity index (χ4v) is 2.96. The van der Waals surface area contributed by atoms with Gasteiger partial charge in [0.25, 0.3) is 5.91 Å². The van der Waals surface area contributed by atoms with E-state index in [2.05, 4.69) is 9.97 Å². The van der Waals surface area contributed by atoms with E-state index >= 15 is 0 Å². The molecule has 0 radical (unpaired) electrons. The van der Waals surface area contributed by atoms with Crippen LogP contribution < -0.4 is 0 Å². The number of fused-ring (bicyclic) bond motifs is 1. The van der Waals surface area contributed by atoms with Gasteiger partial charge in [0.2, 0.25) is 0 Å². The molecule has 0 saturated heterocycles. The molecule has 0 aliphatic heterocycles. The highest BCUT2D eigenvalue weighted by Crippen LogP contribution is 2.25. The molecule has 25 heavy (non-hydrogen) atoms. The normalized spacial score (nSPS) is 12.1. The highest BCUT2D eigenvalue weighted by molar-refractivity contribution is 7.71. The average molecular weight is 376 g/mol. The van der Waals surface area contributed by atoms with E-state index in [0.29, 0.717) is 15.4 Å². The number of nitrogens with zero attached hydrogens (tertiary/aromatic N) is 1. The minimum Gasteiger partial charge on any atom is -0.465 e. The van der Waals surface area contributed by atoms with Gasteiger partial charge in [0.15, 0.2) is 4.77 Å². The number of imidazole rings is 1. The van der Waals surface area contributed by atoms with Crippen LogP contribution in [0.1, 0.15) is 28.9 Å². The Balaban J connectivity index is 1.98. The lowest BCUT2D eigenvalue weighted by molar-refractivity contribution is 0.0678. The number of carbonyl (C=O) groups is 2. The second-order valence-electron chi connectivity index (χ2n) is 5.52. The molecule has 6 nitrogen and oxygen atoms in total. The fourth-order valence-electron chi connectivity index (χ4n) is 2.62. The van der Waals surface area contributed by atoms with Gasteiger partial charge in [0.1, 0.15) is 0 Å². The molecular formula is C17H14ClN3O3S. The topological polar surface area (TPSA) is 89.2 Å². The zero-order valence-corrected chi connectivity index (χ0v) is 14.7. The molecule has 8 heteroatoms. The van der Waals surface area contributed by atoms with Crippen molar-refractivity contribution in [2.45, 2.75) is 13.0 Å². The number of carbonyl (C=O) groups excluding carboxylic acids is 1. The van der Waals surface area contributed by atoms with Crippen LogP contribution >= 0.6 is 23.8 Å². The third-order valence-electron chi connectivity index (χ3n) is 3.93. The van der Waals surface area contributed by atoms with Crippen LogP contribution in [-0.2, 0) is 0 Å². The Morgan fingerprint density at radius 2 is 1.76 bits per heavy atom. The third-order valence-corrected chi connectivity index (χ3v) is 4.38. The number of aromatic nitrogens is 2. The summed E-state index contributed by atoms with van der Waals surface area (Å²) < 4.78 is 0.479. The van der Waals surface area contributed by atoms with E-state index in [1.165, 1.54) is 12.1 Å². The summed E-state index contributed by atoms with van der Waals surface area (Å²) in [7, 11) is 0. The van der Waals surface area contributed by atoms with Crippen molar-refractivity contribution in [3.8, 4) is 0 Å². The summed E-state index contributed by atoms with van der Waals surface area (Å²) in [5.74, 6) is -0.612. The molecule has 0 aliphatic rings. The van der Waals surface area contributed by atoms with Crippen LogP contribution in [0.15, 0.2) is 42.5 Å². The predicted molar refractivity (Wildman–Crippen MR) is 97.5 cm³/mol. The van der Waals surface area contributed by atoms with Crippen molar-refractivity contribution in [2.24, 2.45) is 0 Å². The SMILES string of the molecule is CC(c1ccc2[nH]c(=S)[nH]c2c1)N(C(=O)O)C(=O)c1ccc(Cl)cc1. The lowest BCUT2D eigenvalue weighted by atomic mass is 10.1. The van der Waals surface area contributed by atoms with Crippen LogP contribution in [0, 0.1) is 4.77 Å². The molecule has 1 aromatic heterocycles. The molecule has 2 amide bonds. The van der Waals surface area contributed by atoms with Gasteiger partial charge < -0.3 is 15.1 Å². The molecule has 2 aromatic carbocycles. The Morgan fingerprint density at radius 1 is 1.12 bits per heavy atom. The first kappa shape index (κ1) is 17.2. The maximum atomic E-state index is 12.7. The first-order chi connectivity index (χ1) is 11.9. The van der Waals surface area contributed by atoms with Crippen molar-refractivity contribution < 1.29 is 14.7 Å². The van der Waals surface area contributed by atoms with Gasteiger partial charge in [-0.3, -0.25) is 4.79 Å². The zero-order chi connectivity index (χ0) is 18.1. The van der Waals surface area contributed by atoms with Crippen LogP contribution in [0.4, 0.5) is 4.79 Å². The predicted octanol–water partition coefficient (Wildman–Crippen LogP) is 4.76. The second-order valence-corrected chi connectivity index (χ2v) is 6.37. The molecule has 1 atom stereocenters. The molecule has 3 N–H and O–H groups in total. The van der Waals surface area contributed by atoms with E-state index in [-0.39, 0.29) is 5.56 Å². The molecule has 1 heterocycles. The average Bonchev–Trinajstić information content (AvgIpc) is 2.94. The van der Waals surface area contributed by atoms with Gasteiger partial charge in [-0.15, -0.1) is 0 Å². The number of amides is 2. The Kier molecular flexibility index (Phi) is 4.61. The highest BCUT2D eigenvalue weighted by atomic mass is 35.5. The molecule has 3 rings (SSSR count). The van der Waals surface area contributed by atoms with Crippen molar-refractivity contribution in [1.29, 1.82) is 0 Å². The summed E-state index contributed by atoms with van der Waals surface area (Å²) in [6.07, 6.45) is -1.32. The molecule has 0 saturated carbocycles. The largest absolute Gasteiger partial charge is 0.465 e. The lowest BCUT2D eigenvalue weighted by Crippen LogP contribution is -2.37. The number of nitrogens with one attached hydrogen (secondary N) is 2. The van der Waals surface area contributed by atoms with E-state index in [1.807, 2.05) is 0 Å². The Labute approximate surface area is 153 Å². The van der Waals surface area contributed by atoms with E-state index in [4.69, 9.17) is 23.8 Å². The van der Waals surface area contributed by atoms with Gasteiger partial charge >= 0.3 is 6.09 Å². The van der Waals surface area contributed by atoms with Gasteiger partial charge in [-0.05, 0) is 61.1 Å². The number of hydrogen-bond donors (Lipinski definition) is 3. The second kappa shape index (κ2) is 6.70. The summed E-state index contributed by atoms with van der Waals surface area (Å²) >= 11 is 10.9. The molecule has 128 valence electrons. The highest BCUT2D eigenvalue weighted by Gasteiger charge is 2.29. The van der Waals surface area contributed by atoms with E-state index < -0.39 is 18.0 Å². The number of halogens is 1. The van der Waals surface area contributed by atoms with Gasteiger partial charge in [0, 0.05) is 10.6 Å². The van der Waals surface area contributed by atoms with Crippen molar-refractivity contribution in [2.75, 3.05) is 0 Å². The van der Waals surface area contributed by atoms with Gasteiger partial charge in [-0.1, -0.05) is 17.7 Å². The van der Waals surface area contributed by atoms with Crippen LogP contribution in [0.2, 0.25) is 5.02 Å².